The molecular formula is C20H21BrN4OS. The first-order valence-electron chi connectivity index (χ1n) is 8.93. The Morgan fingerprint density at radius 1 is 1.07 bits per heavy atom. The molecule has 0 aliphatic carbocycles. The summed E-state index contributed by atoms with van der Waals surface area (Å²) in [5.74, 6) is 1.73. The van der Waals surface area contributed by atoms with Gasteiger partial charge in [0.15, 0.2) is 5.16 Å². The highest BCUT2D eigenvalue weighted by atomic mass is 79.9. The van der Waals surface area contributed by atoms with Crippen molar-refractivity contribution < 1.29 is 4.74 Å². The molecule has 27 heavy (non-hydrogen) atoms. The summed E-state index contributed by atoms with van der Waals surface area (Å²) in [6.45, 7) is 5.22. The molecule has 0 radical (unpaired) electrons. The van der Waals surface area contributed by atoms with Gasteiger partial charge in [0.05, 0.1) is 18.9 Å². The molecule has 0 atom stereocenters. The van der Waals surface area contributed by atoms with Gasteiger partial charge >= 0.3 is 0 Å². The number of hydrogen-bond donors (Lipinski definition) is 0. The van der Waals surface area contributed by atoms with Crippen LogP contribution in [0.15, 0.2) is 58.2 Å². The minimum absolute atomic E-state index is 0.723. The fraction of sp³-hybridized carbons (Fsp3) is 0.300. The first-order valence-corrected chi connectivity index (χ1v) is 10.7. The summed E-state index contributed by atoms with van der Waals surface area (Å²) < 4.78 is 8.76. The van der Waals surface area contributed by atoms with Crippen LogP contribution in [0.3, 0.4) is 0 Å². The monoisotopic (exact) mass is 444 g/mol. The maximum absolute atomic E-state index is 5.50. The number of morpholine rings is 1. The Labute approximate surface area is 171 Å². The van der Waals surface area contributed by atoms with Crippen LogP contribution >= 0.6 is 27.7 Å². The summed E-state index contributed by atoms with van der Waals surface area (Å²) in [6.07, 6.45) is 0. The maximum atomic E-state index is 5.50. The number of rotatable bonds is 5. The molecule has 1 aromatic heterocycles. The molecule has 0 bridgehead atoms. The second kappa shape index (κ2) is 8.46. The van der Waals surface area contributed by atoms with Crippen molar-refractivity contribution in [2.45, 2.75) is 17.8 Å². The van der Waals surface area contributed by atoms with Crippen LogP contribution in [0.2, 0.25) is 0 Å². The molecule has 1 fully saturated rings. The molecule has 7 heteroatoms. The zero-order valence-electron chi connectivity index (χ0n) is 15.1. The molecular weight excluding hydrogens is 424 g/mol. The molecule has 1 saturated heterocycles. The van der Waals surface area contributed by atoms with Gasteiger partial charge in [-0.1, -0.05) is 52.0 Å². The number of thioether (sulfide) groups is 1. The smallest absolute Gasteiger partial charge is 0.232 e. The van der Waals surface area contributed by atoms with Gasteiger partial charge in [0.25, 0.3) is 0 Å². The average molecular weight is 445 g/mol. The maximum Gasteiger partial charge on any atom is 0.232 e. The van der Waals surface area contributed by atoms with Crippen LogP contribution in [0.25, 0.3) is 5.69 Å². The van der Waals surface area contributed by atoms with E-state index in [0.717, 1.165) is 53.3 Å². The van der Waals surface area contributed by atoms with E-state index in [-0.39, 0.29) is 0 Å². The van der Waals surface area contributed by atoms with Crippen molar-refractivity contribution >= 4 is 33.6 Å². The Hall–Kier alpha value is -1.83. The molecule has 0 spiro atoms. The molecule has 3 aromatic rings. The average Bonchev–Trinajstić information content (AvgIpc) is 3.11. The van der Waals surface area contributed by atoms with Gasteiger partial charge in [0.2, 0.25) is 5.95 Å². The largest absolute Gasteiger partial charge is 0.378 e. The van der Waals surface area contributed by atoms with Crippen LogP contribution in [-0.4, -0.2) is 41.1 Å². The van der Waals surface area contributed by atoms with Crippen molar-refractivity contribution in [2.75, 3.05) is 31.2 Å². The van der Waals surface area contributed by atoms with Crippen LogP contribution in [-0.2, 0) is 10.5 Å². The van der Waals surface area contributed by atoms with Gasteiger partial charge in [0, 0.05) is 23.3 Å². The predicted molar refractivity (Wildman–Crippen MR) is 113 cm³/mol. The molecule has 0 amide bonds. The lowest BCUT2D eigenvalue weighted by molar-refractivity contribution is 0.122. The van der Waals surface area contributed by atoms with Gasteiger partial charge in [-0.15, -0.1) is 10.2 Å². The van der Waals surface area contributed by atoms with E-state index in [2.05, 4.69) is 85.0 Å². The highest BCUT2D eigenvalue weighted by molar-refractivity contribution is 9.10. The van der Waals surface area contributed by atoms with Crippen LogP contribution in [0.1, 0.15) is 11.1 Å². The molecule has 2 aromatic carbocycles. The predicted octanol–water partition coefficient (Wildman–Crippen LogP) is 4.47. The van der Waals surface area contributed by atoms with Crippen LogP contribution in [0.4, 0.5) is 5.95 Å². The summed E-state index contributed by atoms with van der Waals surface area (Å²) in [6, 6.07) is 16.9. The van der Waals surface area contributed by atoms with Gasteiger partial charge in [-0.05, 0) is 42.3 Å². The summed E-state index contributed by atoms with van der Waals surface area (Å²) in [7, 11) is 0. The number of hydrogen-bond acceptors (Lipinski definition) is 5. The molecule has 0 N–H and O–H groups in total. The number of anilines is 1. The Kier molecular flexibility index (Phi) is 5.80. The molecule has 0 saturated carbocycles. The van der Waals surface area contributed by atoms with E-state index in [9.17, 15) is 0 Å². The van der Waals surface area contributed by atoms with Crippen molar-refractivity contribution in [1.29, 1.82) is 0 Å². The summed E-state index contributed by atoms with van der Waals surface area (Å²) in [4.78, 5) is 2.25. The summed E-state index contributed by atoms with van der Waals surface area (Å²) in [5.41, 5.74) is 3.57. The van der Waals surface area contributed by atoms with Gasteiger partial charge < -0.3 is 9.64 Å². The fourth-order valence-corrected chi connectivity index (χ4v) is 4.43. The number of aryl methyl sites for hydroxylation is 1. The number of ether oxygens (including phenoxy) is 1. The van der Waals surface area contributed by atoms with Crippen molar-refractivity contribution in [2.24, 2.45) is 0 Å². The van der Waals surface area contributed by atoms with E-state index in [0.29, 0.717) is 0 Å². The zero-order valence-corrected chi connectivity index (χ0v) is 17.5. The Bertz CT molecular complexity index is 924. The van der Waals surface area contributed by atoms with Crippen LogP contribution in [0.5, 0.6) is 0 Å². The number of aromatic nitrogens is 3. The minimum atomic E-state index is 0.723. The third kappa shape index (κ3) is 4.36. The number of benzene rings is 2. The van der Waals surface area contributed by atoms with Gasteiger partial charge in [-0.3, -0.25) is 4.57 Å². The number of nitrogens with zero attached hydrogens (tertiary/aromatic N) is 4. The van der Waals surface area contributed by atoms with Crippen LogP contribution in [0, 0.1) is 6.92 Å². The fourth-order valence-electron chi connectivity index (χ4n) is 3.09. The minimum Gasteiger partial charge on any atom is -0.378 e. The molecule has 5 nitrogen and oxygen atoms in total. The van der Waals surface area contributed by atoms with Crippen LogP contribution < -0.4 is 4.90 Å². The van der Waals surface area contributed by atoms with E-state index in [1.54, 1.807) is 11.8 Å². The highest BCUT2D eigenvalue weighted by Gasteiger charge is 2.21. The first-order chi connectivity index (χ1) is 13.2. The topological polar surface area (TPSA) is 43.2 Å². The molecule has 1 aliphatic rings. The lowest BCUT2D eigenvalue weighted by Gasteiger charge is -2.28. The molecule has 2 heterocycles. The Balaban J connectivity index is 1.67. The standard InChI is InChI=1S/C20H21BrN4OS/c1-15-4-2-7-18(12-15)25-19(24-8-10-26-11-9-24)22-23-20(25)27-14-16-5-3-6-17(21)13-16/h2-7,12-13H,8-11,14H2,1H3. The molecule has 1 aliphatic heterocycles. The Morgan fingerprint density at radius 2 is 1.89 bits per heavy atom. The quantitative estimate of drug-likeness (QED) is 0.543. The lowest BCUT2D eigenvalue weighted by atomic mass is 10.2. The number of halogens is 1. The highest BCUT2D eigenvalue weighted by Crippen LogP contribution is 2.30. The van der Waals surface area contributed by atoms with E-state index in [4.69, 9.17) is 4.74 Å². The van der Waals surface area contributed by atoms with Gasteiger partial charge in [-0.25, -0.2) is 0 Å². The van der Waals surface area contributed by atoms with Crippen molar-refractivity contribution in [3.63, 3.8) is 0 Å². The Morgan fingerprint density at radius 3 is 2.67 bits per heavy atom. The van der Waals surface area contributed by atoms with E-state index >= 15 is 0 Å². The SMILES string of the molecule is Cc1cccc(-n2c(SCc3cccc(Br)c3)nnc2N2CCOCC2)c1. The van der Waals surface area contributed by atoms with E-state index in [1.165, 1.54) is 11.1 Å². The third-order valence-electron chi connectivity index (χ3n) is 4.43. The normalized spacial score (nSPS) is 14.5. The molecule has 0 unspecified atom stereocenters. The molecule has 140 valence electrons. The summed E-state index contributed by atoms with van der Waals surface area (Å²) >= 11 is 5.25. The lowest BCUT2D eigenvalue weighted by Crippen LogP contribution is -2.37. The van der Waals surface area contributed by atoms with E-state index < -0.39 is 0 Å². The van der Waals surface area contributed by atoms with Crippen molar-refractivity contribution in [3.05, 3.63) is 64.1 Å². The third-order valence-corrected chi connectivity index (χ3v) is 5.92. The second-order valence-electron chi connectivity index (χ2n) is 6.48. The van der Waals surface area contributed by atoms with Crippen molar-refractivity contribution in [1.82, 2.24) is 14.8 Å². The van der Waals surface area contributed by atoms with Gasteiger partial charge in [0.1, 0.15) is 0 Å². The first kappa shape index (κ1) is 18.5. The van der Waals surface area contributed by atoms with E-state index in [1.807, 2.05) is 6.07 Å². The second-order valence-corrected chi connectivity index (χ2v) is 8.33. The van der Waals surface area contributed by atoms with Gasteiger partial charge in [-0.2, -0.15) is 0 Å². The summed E-state index contributed by atoms with van der Waals surface area (Å²) in [5, 5.41) is 9.95. The zero-order chi connectivity index (χ0) is 18.6. The molecule has 4 rings (SSSR count). The van der Waals surface area contributed by atoms with Crippen molar-refractivity contribution in [3.8, 4) is 5.69 Å².